The van der Waals surface area contributed by atoms with Gasteiger partial charge in [0, 0.05) is 23.0 Å². The van der Waals surface area contributed by atoms with Crippen molar-refractivity contribution in [1.82, 2.24) is 25.4 Å². The molecule has 0 aliphatic carbocycles. The zero-order valence-electron chi connectivity index (χ0n) is 22.1. The Labute approximate surface area is 224 Å². The second-order valence-electron chi connectivity index (χ2n) is 10.7. The van der Waals surface area contributed by atoms with Gasteiger partial charge in [-0.05, 0) is 44.7 Å². The van der Waals surface area contributed by atoms with Gasteiger partial charge in [-0.2, -0.15) is 0 Å². The van der Waals surface area contributed by atoms with Crippen molar-refractivity contribution in [2.24, 2.45) is 5.92 Å². The van der Waals surface area contributed by atoms with Crippen LogP contribution in [0.4, 0.5) is 4.79 Å². The maximum Gasteiger partial charge on any atom is 0.408 e. The number of aliphatic carboxylic acids is 1. The first-order valence-corrected chi connectivity index (χ1v) is 13.5. The lowest BCUT2D eigenvalue weighted by molar-refractivity contribution is -0.150. The van der Waals surface area contributed by atoms with Crippen LogP contribution in [0, 0.1) is 5.92 Å². The number of ether oxygens (including phenoxy) is 1. The molecule has 38 heavy (non-hydrogen) atoms. The highest BCUT2D eigenvalue weighted by molar-refractivity contribution is 7.99. The highest BCUT2D eigenvalue weighted by Crippen LogP contribution is 2.31. The number of alkyl carbamates (subject to hydrolysis) is 1. The highest BCUT2D eigenvalue weighted by atomic mass is 32.2. The van der Waals surface area contributed by atoms with Crippen molar-refractivity contribution >= 4 is 40.6 Å². The third-order valence-electron chi connectivity index (χ3n) is 6.05. The van der Waals surface area contributed by atoms with Crippen LogP contribution in [0.3, 0.4) is 0 Å². The average Bonchev–Trinajstić information content (AvgIpc) is 3.44. The fourth-order valence-electron chi connectivity index (χ4n) is 4.46. The number of nitrogens with zero attached hydrogens (tertiary/aromatic N) is 3. The standard InChI is InChI=1S/C26H33N5O6S/c1-14(2)10-18(28-24(35)37-26(3,4)5)22-29-30-25(36-22)38-13-21(32)31-12-19-16(11-20(31)23(33)34)15-8-6-7-9-17(15)27-19/h6-9,14,18,20,27H,10-13H2,1-5H3,(H,28,35)(H,33,34). The number of carboxylic acid groups (broad SMARTS) is 1. The second-order valence-corrected chi connectivity index (χ2v) is 11.7. The molecule has 0 fully saturated rings. The number of aromatic amines is 1. The van der Waals surface area contributed by atoms with Gasteiger partial charge in [0.25, 0.3) is 5.22 Å². The molecule has 3 aromatic rings. The lowest BCUT2D eigenvalue weighted by Gasteiger charge is -2.33. The molecule has 2 unspecified atom stereocenters. The fourth-order valence-corrected chi connectivity index (χ4v) is 5.11. The highest BCUT2D eigenvalue weighted by Gasteiger charge is 2.36. The van der Waals surface area contributed by atoms with E-state index in [1.54, 1.807) is 20.8 Å². The maximum atomic E-state index is 13.1. The summed E-state index contributed by atoms with van der Waals surface area (Å²) in [6, 6.07) is 6.18. The van der Waals surface area contributed by atoms with Crippen LogP contribution >= 0.6 is 11.8 Å². The summed E-state index contributed by atoms with van der Waals surface area (Å²) >= 11 is 1.03. The van der Waals surface area contributed by atoms with Crippen molar-refractivity contribution in [1.29, 1.82) is 0 Å². The van der Waals surface area contributed by atoms with E-state index < -0.39 is 29.7 Å². The largest absolute Gasteiger partial charge is 0.480 e. The summed E-state index contributed by atoms with van der Waals surface area (Å²) in [5.41, 5.74) is 2.03. The number of nitrogens with one attached hydrogen (secondary N) is 2. The molecule has 204 valence electrons. The Hall–Kier alpha value is -3.54. The molecule has 12 heteroatoms. The van der Waals surface area contributed by atoms with Crippen LogP contribution in [0.5, 0.6) is 0 Å². The molecule has 3 heterocycles. The second kappa shape index (κ2) is 11.1. The molecular weight excluding hydrogens is 510 g/mol. The molecule has 2 aromatic heterocycles. The molecule has 0 saturated heterocycles. The number of rotatable bonds is 8. The summed E-state index contributed by atoms with van der Waals surface area (Å²) in [6.07, 6.45) is 0.181. The van der Waals surface area contributed by atoms with Crippen LogP contribution in [0.1, 0.15) is 64.2 Å². The first-order chi connectivity index (χ1) is 17.9. The van der Waals surface area contributed by atoms with E-state index >= 15 is 0 Å². The Balaban J connectivity index is 1.43. The minimum atomic E-state index is -1.05. The van der Waals surface area contributed by atoms with Crippen LogP contribution in [0.2, 0.25) is 0 Å². The summed E-state index contributed by atoms with van der Waals surface area (Å²) in [7, 11) is 0. The van der Waals surface area contributed by atoms with Gasteiger partial charge in [-0.1, -0.05) is 43.8 Å². The van der Waals surface area contributed by atoms with Gasteiger partial charge >= 0.3 is 12.1 Å². The first-order valence-electron chi connectivity index (χ1n) is 12.5. The van der Waals surface area contributed by atoms with E-state index in [0.29, 0.717) is 6.42 Å². The van der Waals surface area contributed by atoms with Crippen molar-refractivity contribution in [2.45, 2.75) is 76.9 Å². The van der Waals surface area contributed by atoms with Crippen LogP contribution < -0.4 is 5.32 Å². The molecule has 4 rings (SSSR count). The summed E-state index contributed by atoms with van der Waals surface area (Å²) in [4.78, 5) is 42.2. The number of amides is 2. The number of aromatic nitrogens is 3. The molecule has 0 bridgehead atoms. The molecule has 1 aliphatic heterocycles. The number of thioether (sulfide) groups is 1. The molecule has 1 aliphatic rings. The predicted octanol–water partition coefficient (Wildman–Crippen LogP) is 4.29. The Bertz CT molecular complexity index is 1330. The zero-order chi connectivity index (χ0) is 27.6. The van der Waals surface area contributed by atoms with Gasteiger partial charge in [0.15, 0.2) is 0 Å². The summed E-state index contributed by atoms with van der Waals surface area (Å²) in [5, 5.41) is 21.9. The number of carbonyl (C=O) groups is 3. The van der Waals surface area contributed by atoms with Gasteiger partial charge in [0.2, 0.25) is 11.8 Å². The number of carbonyl (C=O) groups excluding carboxylic acids is 2. The predicted molar refractivity (Wildman–Crippen MR) is 141 cm³/mol. The Morgan fingerprint density at radius 2 is 2.00 bits per heavy atom. The van der Waals surface area contributed by atoms with Gasteiger partial charge < -0.3 is 29.5 Å². The quantitative estimate of drug-likeness (QED) is 0.353. The van der Waals surface area contributed by atoms with E-state index in [0.717, 1.165) is 33.9 Å². The Kier molecular flexibility index (Phi) is 8.00. The molecule has 0 radical (unpaired) electrons. The van der Waals surface area contributed by atoms with Gasteiger partial charge in [-0.3, -0.25) is 4.79 Å². The van der Waals surface area contributed by atoms with Crippen LogP contribution in [-0.2, 0) is 27.3 Å². The third kappa shape index (κ3) is 6.47. The van der Waals surface area contributed by atoms with Crippen molar-refractivity contribution in [3.63, 3.8) is 0 Å². The molecule has 3 N–H and O–H groups in total. The number of hydrogen-bond donors (Lipinski definition) is 3. The van der Waals surface area contributed by atoms with E-state index in [2.05, 4.69) is 20.5 Å². The third-order valence-corrected chi connectivity index (χ3v) is 6.85. The normalized spacial score (nSPS) is 16.4. The van der Waals surface area contributed by atoms with E-state index in [4.69, 9.17) is 9.15 Å². The van der Waals surface area contributed by atoms with Gasteiger partial charge in [-0.25, -0.2) is 9.59 Å². The topological polar surface area (TPSA) is 151 Å². The van der Waals surface area contributed by atoms with Crippen molar-refractivity contribution in [2.75, 3.05) is 5.75 Å². The summed E-state index contributed by atoms with van der Waals surface area (Å²) in [6.45, 7) is 9.51. The summed E-state index contributed by atoms with van der Waals surface area (Å²) < 4.78 is 11.1. The minimum absolute atomic E-state index is 0.0741. The zero-order valence-corrected chi connectivity index (χ0v) is 22.9. The molecular formula is C26H33N5O6S. The fraction of sp³-hybridized carbons (Fsp3) is 0.500. The van der Waals surface area contributed by atoms with Crippen LogP contribution in [0.15, 0.2) is 33.9 Å². The van der Waals surface area contributed by atoms with E-state index in [1.165, 1.54) is 4.90 Å². The summed E-state index contributed by atoms with van der Waals surface area (Å²) in [5.74, 6) is -1.04. The number of hydrogen-bond acceptors (Lipinski definition) is 8. The van der Waals surface area contributed by atoms with E-state index in [9.17, 15) is 19.5 Å². The molecule has 0 spiro atoms. The van der Waals surface area contributed by atoms with Gasteiger partial charge in [0.05, 0.1) is 12.3 Å². The minimum Gasteiger partial charge on any atom is -0.480 e. The van der Waals surface area contributed by atoms with E-state index in [1.807, 2.05) is 38.1 Å². The first kappa shape index (κ1) is 27.5. The van der Waals surface area contributed by atoms with Crippen LogP contribution in [-0.4, -0.2) is 60.6 Å². The van der Waals surface area contributed by atoms with E-state index in [-0.39, 0.29) is 41.7 Å². The Morgan fingerprint density at radius 1 is 1.26 bits per heavy atom. The number of benzene rings is 1. The van der Waals surface area contributed by atoms with Gasteiger partial charge in [-0.15, -0.1) is 10.2 Å². The number of H-pyrrole nitrogens is 1. The molecule has 2 atom stereocenters. The number of fused-ring (bicyclic) bond motifs is 3. The lowest BCUT2D eigenvalue weighted by Crippen LogP contribution is -2.49. The SMILES string of the molecule is CC(C)CC(NC(=O)OC(C)(C)C)c1nnc(SCC(=O)N2Cc3[nH]c4ccccc4c3CC2C(=O)O)o1. The Morgan fingerprint density at radius 3 is 2.68 bits per heavy atom. The van der Waals surface area contributed by atoms with Gasteiger partial charge in [0.1, 0.15) is 17.7 Å². The van der Waals surface area contributed by atoms with Crippen LogP contribution in [0.25, 0.3) is 10.9 Å². The molecule has 1 aromatic carbocycles. The molecule has 2 amide bonds. The number of para-hydroxylation sites is 1. The van der Waals surface area contributed by atoms with Crippen molar-refractivity contribution in [3.05, 3.63) is 41.4 Å². The van der Waals surface area contributed by atoms with Crippen molar-refractivity contribution in [3.8, 4) is 0 Å². The molecule has 11 nitrogen and oxygen atoms in total. The number of carboxylic acids is 1. The average molecular weight is 544 g/mol. The smallest absolute Gasteiger partial charge is 0.408 e. The lowest BCUT2D eigenvalue weighted by atomic mass is 9.96. The monoisotopic (exact) mass is 543 g/mol. The molecule has 0 saturated carbocycles. The maximum absolute atomic E-state index is 13.1. The van der Waals surface area contributed by atoms with Crippen molar-refractivity contribution < 1.29 is 28.6 Å².